The Balaban J connectivity index is 2.21. The maximum atomic E-state index is 12.5. The molecular weight excluding hydrogens is 333 g/mol. The molecule has 0 saturated heterocycles. The van der Waals surface area contributed by atoms with Crippen LogP contribution in [0.25, 0.3) is 0 Å². The van der Waals surface area contributed by atoms with Crippen LogP contribution in [-0.2, 0) is 6.61 Å². The number of alkyl halides is 3. The van der Waals surface area contributed by atoms with E-state index in [4.69, 9.17) is 21.4 Å². The Morgan fingerprint density at radius 2 is 1.74 bits per heavy atom. The summed E-state index contributed by atoms with van der Waals surface area (Å²) in [4.78, 5) is 11.8. The molecule has 7 heteroatoms. The van der Waals surface area contributed by atoms with E-state index in [2.05, 4.69) is 0 Å². The van der Waals surface area contributed by atoms with Crippen LogP contribution in [-0.4, -0.2) is 23.2 Å². The minimum Gasteiger partial charge on any atom is -0.488 e. The van der Waals surface area contributed by atoms with Gasteiger partial charge in [-0.15, -0.1) is 0 Å². The maximum absolute atomic E-state index is 12.5. The number of aliphatic hydroxyl groups excluding tert-OH is 1. The van der Waals surface area contributed by atoms with Crippen LogP contribution in [0.5, 0.6) is 5.75 Å². The third-order valence-electron chi connectivity index (χ3n) is 3.05. The first-order chi connectivity index (χ1) is 10.8. The number of hydrogen-bond acceptors (Lipinski definition) is 3. The number of carbonyl (C=O) groups is 1. The number of rotatable bonds is 5. The van der Waals surface area contributed by atoms with E-state index in [9.17, 15) is 18.0 Å². The predicted octanol–water partition coefficient (Wildman–Crippen LogP) is 4.02. The zero-order valence-corrected chi connectivity index (χ0v) is 12.4. The monoisotopic (exact) mass is 344 g/mol. The summed E-state index contributed by atoms with van der Waals surface area (Å²) < 4.78 is 42.9. The smallest absolute Gasteiger partial charge is 0.421 e. The predicted molar refractivity (Wildman–Crippen MR) is 78.6 cm³/mol. The quantitative estimate of drug-likeness (QED) is 0.833. The summed E-state index contributed by atoms with van der Waals surface area (Å²) in [5.41, 5.74) is 0.275. The van der Waals surface area contributed by atoms with Crippen LogP contribution >= 0.6 is 11.6 Å². The molecule has 1 N–H and O–H groups in total. The van der Waals surface area contributed by atoms with E-state index >= 15 is 0 Å². The van der Waals surface area contributed by atoms with Gasteiger partial charge in [-0.1, -0.05) is 41.9 Å². The van der Waals surface area contributed by atoms with Crippen LogP contribution in [0.15, 0.2) is 48.5 Å². The van der Waals surface area contributed by atoms with Crippen molar-refractivity contribution in [3.05, 3.63) is 64.7 Å². The molecule has 0 aliphatic heterocycles. The number of ether oxygens (including phenoxy) is 1. The summed E-state index contributed by atoms with van der Waals surface area (Å²) in [6.07, 6.45) is -8.13. The average molecular weight is 345 g/mol. The zero-order chi connectivity index (χ0) is 17.0. The summed E-state index contributed by atoms with van der Waals surface area (Å²) in [5.74, 6) is -1.52. The average Bonchev–Trinajstić information content (AvgIpc) is 2.52. The number of benzene rings is 2. The Kier molecular flexibility index (Phi) is 5.28. The van der Waals surface area contributed by atoms with Crippen molar-refractivity contribution in [2.75, 3.05) is 0 Å². The zero-order valence-electron chi connectivity index (χ0n) is 11.7. The highest BCUT2D eigenvalue weighted by Gasteiger charge is 2.44. The lowest BCUT2D eigenvalue weighted by Crippen LogP contribution is -2.36. The molecule has 0 heterocycles. The highest BCUT2D eigenvalue weighted by Crippen LogP contribution is 2.28. The molecule has 0 fully saturated rings. The summed E-state index contributed by atoms with van der Waals surface area (Å²) in [6, 6.07) is 12.2. The number of halogens is 4. The van der Waals surface area contributed by atoms with Crippen LogP contribution < -0.4 is 4.74 Å². The Hall–Kier alpha value is -2.05. The molecule has 2 aromatic rings. The van der Waals surface area contributed by atoms with Crippen molar-refractivity contribution in [2.24, 2.45) is 0 Å². The van der Waals surface area contributed by atoms with Gasteiger partial charge in [0.15, 0.2) is 0 Å². The fourth-order valence-electron chi connectivity index (χ4n) is 1.86. The first-order valence-corrected chi connectivity index (χ1v) is 6.92. The van der Waals surface area contributed by atoms with Gasteiger partial charge in [0.2, 0.25) is 11.9 Å². The molecule has 2 rings (SSSR count). The van der Waals surface area contributed by atoms with Crippen LogP contribution in [0.4, 0.5) is 13.2 Å². The van der Waals surface area contributed by atoms with Gasteiger partial charge in [-0.2, -0.15) is 13.2 Å². The van der Waals surface area contributed by atoms with Gasteiger partial charge in [0.05, 0.1) is 5.56 Å². The number of aliphatic hydroxyl groups is 1. The van der Waals surface area contributed by atoms with E-state index in [1.807, 2.05) is 0 Å². The van der Waals surface area contributed by atoms with Crippen molar-refractivity contribution < 1.29 is 27.8 Å². The first kappa shape index (κ1) is 17.3. The second-order valence-electron chi connectivity index (χ2n) is 4.68. The van der Waals surface area contributed by atoms with Crippen molar-refractivity contribution in [3.63, 3.8) is 0 Å². The van der Waals surface area contributed by atoms with E-state index in [-0.39, 0.29) is 17.9 Å². The lowest BCUT2D eigenvalue weighted by molar-refractivity contribution is -0.186. The normalized spacial score (nSPS) is 12.7. The lowest BCUT2D eigenvalue weighted by atomic mass is 10.0. The van der Waals surface area contributed by atoms with Gasteiger partial charge in [0.25, 0.3) is 0 Å². The summed E-state index contributed by atoms with van der Waals surface area (Å²) >= 11 is 5.97. The van der Waals surface area contributed by atoms with Crippen LogP contribution in [0, 0.1) is 0 Å². The Morgan fingerprint density at radius 3 is 2.39 bits per heavy atom. The number of hydrogen-bond donors (Lipinski definition) is 1. The minimum atomic E-state index is -5.03. The molecule has 0 saturated carbocycles. The molecule has 1 unspecified atom stereocenters. The summed E-state index contributed by atoms with van der Waals surface area (Å²) in [5, 5.41) is 9.55. The van der Waals surface area contributed by atoms with Gasteiger partial charge in [0.1, 0.15) is 12.4 Å². The highest BCUT2D eigenvalue weighted by molar-refractivity contribution is 6.31. The van der Waals surface area contributed by atoms with Crippen LogP contribution in [0.1, 0.15) is 15.9 Å². The second kappa shape index (κ2) is 7.02. The Morgan fingerprint density at radius 1 is 1.13 bits per heavy atom. The molecule has 23 heavy (non-hydrogen) atoms. The molecule has 0 radical (unpaired) electrons. The molecule has 3 nitrogen and oxygen atoms in total. The second-order valence-corrected chi connectivity index (χ2v) is 5.09. The molecule has 0 aliphatic rings. The molecular formula is C16H12ClF3O3. The topological polar surface area (TPSA) is 46.5 Å². The lowest BCUT2D eigenvalue weighted by Gasteiger charge is -2.16. The molecule has 0 amide bonds. The van der Waals surface area contributed by atoms with E-state index in [0.717, 1.165) is 0 Å². The number of ketones is 1. The summed E-state index contributed by atoms with van der Waals surface area (Å²) in [6.45, 7) is -0.0217. The fraction of sp³-hybridized carbons (Fsp3) is 0.188. The SMILES string of the molecule is O=C(c1ccccc1OCc1ccccc1Cl)C(O)C(F)(F)F. The van der Waals surface area contributed by atoms with Gasteiger partial charge in [-0.05, 0) is 18.2 Å². The van der Waals surface area contributed by atoms with Crippen LogP contribution in [0.3, 0.4) is 0 Å². The van der Waals surface area contributed by atoms with Crippen molar-refractivity contribution in [3.8, 4) is 5.75 Å². The van der Waals surface area contributed by atoms with Crippen molar-refractivity contribution in [2.45, 2.75) is 18.9 Å². The largest absolute Gasteiger partial charge is 0.488 e. The fourth-order valence-corrected chi connectivity index (χ4v) is 2.05. The molecule has 0 aromatic heterocycles. The van der Waals surface area contributed by atoms with Gasteiger partial charge < -0.3 is 9.84 Å². The van der Waals surface area contributed by atoms with E-state index in [1.165, 1.54) is 24.3 Å². The number of carbonyl (C=O) groups excluding carboxylic acids is 1. The van der Waals surface area contributed by atoms with Crippen molar-refractivity contribution in [1.29, 1.82) is 0 Å². The van der Waals surface area contributed by atoms with E-state index in [1.54, 1.807) is 24.3 Å². The van der Waals surface area contributed by atoms with Crippen molar-refractivity contribution >= 4 is 17.4 Å². The number of para-hydroxylation sites is 1. The van der Waals surface area contributed by atoms with Gasteiger partial charge in [-0.3, -0.25) is 4.79 Å². The van der Waals surface area contributed by atoms with Gasteiger partial charge >= 0.3 is 6.18 Å². The highest BCUT2D eigenvalue weighted by atomic mass is 35.5. The Labute approximate surface area is 135 Å². The van der Waals surface area contributed by atoms with Gasteiger partial charge in [-0.25, -0.2) is 0 Å². The Bertz CT molecular complexity index is 701. The summed E-state index contributed by atoms with van der Waals surface area (Å²) in [7, 11) is 0. The molecule has 0 spiro atoms. The molecule has 122 valence electrons. The van der Waals surface area contributed by atoms with Crippen molar-refractivity contribution in [1.82, 2.24) is 0 Å². The molecule has 2 aromatic carbocycles. The van der Waals surface area contributed by atoms with Gasteiger partial charge in [0, 0.05) is 10.6 Å². The van der Waals surface area contributed by atoms with Crippen LogP contribution in [0.2, 0.25) is 5.02 Å². The third kappa shape index (κ3) is 4.24. The number of Topliss-reactive ketones (excluding diaryl/α,β-unsaturated/α-hetero) is 1. The molecule has 1 atom stereocenters. The molecule has 0 aliphatic carbocycles. The van der Waals surface area contributed by atoms with E-state index in [0.29, 0.717) is 10.6 Å². The minimum absolute atomic E-state index is 0.0217. The first-order valence-electron chi connectivity index (χ1n) is 6.55. The van der Waals surface area contributed by atoms with E-state index < -0.39 is 18.1 Å². The molecule has 0 bridgehead atoms. The third-order valence-corrected chi connectivity index (χ3v) is 3.42. The standard InChI is InChI=1S/C16H12ClF3O3/c17-12-7-3-1-5-10(12)9-23-13-8-4-2-6-11(13)14(21)15(22)16(18,19)20/h1-8,15,22H,9H2. The maximum Gasteiger partial charge on any atom is 0.421 e.